The van der Waals surface area contributed by atoms with E-state index in [1.165, 1.54) is 35.2 Å². The average Bonchev–Trinajstić information content (AvgIpc) is 3.09. The lowest BCUT2D eigenvalue weighted by atomic mass is 10.1. The van der Waals surface area contributed by atoms with Crippen LogP contribution >= 0.6 is 11.6 Å². The van der Waals surface area contributed by atoms with Crippen LogP contribution in [-0.2, 0) is 25.3 Å². The zero-order valence-corrected chi connectivity index (χ0v) is 16.5. The number of nitrogens with one attached hydrogen (secondary N) is 1. The van der Waals surface area contributed by atoms with E-state index in [2.05, 4.69) is 5.32 Å². The number of carbonyl (C=O) groups excluding carboxylic acids is 3. The lowest BCUT2D eigenvalue weighted by Gasteiger charge is -2.16. The lowest BCUT2D eigenvalue weighted by molar-refractivity contribution is -0.151. The van der Waals surface area contributed by atoms with Crippen LogP contribution in [0.25, 0.3) is 0 Å². The number of hydrogen-bond donors (Lipinski definition) is 1. The van der Waals surface area contributed by atoms with E-state index in [1.54, 1.807) is 0 Å². The Morgan fingerprint density at radius 1 is 1.16 bits per heavy atom. The predicted molar refractivity (Wildman–Crippen MR) is 103 cm³/mol. The molecule has 2 aromatic carbocycles. The van der Waals surface area contributed by atoms with Gasteiger partial charge in [0.15, 0.2) is 6.61 Å². The highest BCUT2D eigenvalue weighted by Crippen LogP contribution is 2.36. The topological polar surface area (TPSA) is 75.7 Å². The maximum Gasteiger partial charge on any atom is 0.417 e. The van der Waals surface area contributed by atoms with E-state index in [1.807, 2.05) is 0 Å². The molecule has 6 nitrogen and oxygen atoms in total. The smallest absolute Gasteiger partial charge is 0.417 e. The maximum atomic E-state index is 13.0. The summed E-state index contributed by atoms with van der Waals surface area (Å²) in [5, 5.41) is 1.67. The van der Waals surface area contributed by atoms with Gasteiger partial charge >= 0.3 is 12.1 Å². The monoisotopic (exact) mass is 458 g/mol. The minimum Gasteiger partial charge on any atom is -0.455 e. The van der Waals surface area contributed by atoms with Crippen molar-refractivity contribution in [3.63, 3.8) is 0 Å². The van der Waals surface area contributed by atoms with E-state index in [4.69, 9.17) is 16.3 Å². The quantitative estimate of drug-likeness (QED) is 0.542. The van der Waals surface area contributed by atoms with Crippen LogP contribution in [-0.4, -0.2) is 30.9 Å². The van der Waals surface area contributed by atoms with Crippen LogP contribution in [0.3, 0.4) is 0 Å². The molecule has 1 atom stereocenters. The molecule has 2 amide bonds. The molecule has 0 aromatic heterocycles. The van der Waals surface area contributed by atoms with Crippen molar-refractivity contribution in [3.8, 4) is 0 Å². The van der Waals surface area contributed by atoms with E-state index in [-0.39, 0.29) is 24.6 Å². The normalized spacial score (nSPS) is 16.4. The number of halogens is 5. The summed E-state index contributed by atoms with van der Waals surface area (Å²) in [5.41, 5.74) is -0.867. The Morgan fingerprint density at radius 3 is 2.48 bits per heavy atom. The number of alkyl halides is 3. The van der Waals surface area contributed by atoms with Crippen molar-refractivity contribution in [1.82, 2.24) is 0 Å². The summed E-state index contributed by atoms with van der Waals surface area (Å²) in [4.78, 5) is 37.6. The number of amides is 2. The molecule has 1 fully saturated rings. The number of esters is 1. The van der Waals surface area contributed by atoms with Gasteiger partial charge in [0.2, 0.25) is 5.91 Å². The van der Waals surface area contributed by atoms with Crippen LogP contribution < -0.4 is 10.2 Å². The van der Waals surface area contributed by atoms with Gasteiger partial charge in [-0.1, -0.05) is 11.6 Å². The third-order valence-electron chi connectivity index (χ3n) is 4.50. The molecule has 164 valence electrons. The van der Waals surface area contributed by atoms with Crippen molar-refractivity contribution >= 4 is 40.8 Å². The molecule has 1 saturated heterocycles. The molecule has 31 heavy (non-hydrogen) atoms. The molecule has 1 heterocycles. The van der Waals surface area contributed by atoms with E-state index in [0.29, 0.717) is 11.8 Å². The van der Waals surface area contributed by atoms with Crippen LogP contribution in [0.2, 0.25) is 5.02 Å². The summed E-state index contributed by atoms with van der Waals surface area (Å²) in [7, 11) is 0. The van der Waals surface area contributed by atoms with Gasteiger partial charge in [0.25, 0.3) is 5.91 Å². The Kier molecular flexibility index (Phi) is 6.49. The Labute approximate surface area is 178 Å². The fraction of sp³-hybridized carbons (Fsp3) is 0.250. The molecular weight excluding hydrogens is 444 g/mol. The molecule has 0 aliphatic carbocycles. The molecule has 2 aromatic rings. The minimum absolute atomic E-state index is 0.00293. The number of nitrogens with zero attached hydrogens (tertiary/aromatic N) is 1. The van der Waals surface area contributed by atoms with Gasteiger partial charge in [-0.05, 0) is 42.5 Å². The van der Waals surface area contributed by atoms with Crippen LogP contribution in [0.5, 0.6) is 0 Å². The molecule has 1 N–H and O–H groups in total. The van der Waals surface area contributed by atoms with E-state index < -0.39 is 47.0 Å². The first-order chi connectivity index (χ1) is 14.5. The number of rotatable bonds is 5. The first kappa shape index (κ1) is 22.5. The Hall–Kier alpha value is -3.14. The highest BCUT2D eigenvalue weighted by Gasteiger charge is 2.36. The fourth-order valence-corrected chi connectivity index (χ4v) is 3.23. The molecule has 1 aliphatic rings. The number of ether oxygens (including phenoxy) is 1. The van der Waals surface area contributed by atoms with Crippen molar-refractivity contribution in [1.29, 1.82) is 0 Å². The van der Waals surface area contributed by atoms with Crippen LogP contribution in [0, 0.1) is 11.7 Å². The van der Waals surface area contributed by atoms with E-state index in [0.717, 1.165) is 6.07 Å². The molecule has 3 rings (SSSR count). The fourth-order valence-electron chi connectivity index (χ4n) is 3.01. The minimum atomic E-state index is -4.70. The zero-order valence-electron chi connectivity index (χ0n) is 15.7. The zero-order chi connectivity index (χ0) is 22.8. The molecule has 0 radical (unpaired) electrons. The highest BCUT2D eigenvalue weighted by atomic mass is 35.5. The molecular formula is C20H15ClF4N2O4. The third kappa shape index (κ3) is 5.52. The number of hydrogen-bond acceptors (Lipinski definition) is 4. The molecule has 1 aliphatic heterocycles. The van der Waals surface area contributed by atoms with E-state index in [9.17, 15) is 31.9 Å². The van der Waals surface area contributed by atoms with Gasteiger partial charge in [-0.25, -0.2) is 4.39 Å². The van der Waals surface area contributed by atoms with Crippen molar-refractivity contribution in [3.05, 3.63) is 58.9 Å². The van der Waals surface area contributed by atoms with Gasteiger partial charge in [0, 0.05) is 24.3 Å². The molecule has 0 saturated carbocycles. The maximum absolute atomic E-state index is 13.0. The second kappa shape index (κ2) is 8.93. The summed E-state index contributed by atoms with van der Waals surface area (Å²) < 4.78 is 56.6. The standard InChI is InChI=1S/C20H15ClF4N2O4/c21-16-6-3-13(8-15(16)20(23,24)25)26-17(28)10-31-19(30)11-7-18(29)27(9-11)14-4-1-12(22)2-5-14/h1-6,8,11H,7,9-10H2,(H,26,28)/t11-/m1/s1. The first-order valence-corrected chi connectivity index (χ1v) is 9.31. The molecule has 0 spiro atoms. The SMILES string of the molecule is O=C(COC(=O)[C@@H]1CC(=O)N(c2ccc(F)cc2)C1)Nc1ccc(Cl)c(C(F)(F)F)c1. The van der Waals surface area contributed by atoms with Gasteiger partial charge in [-0.15, -0.1) is 0 Å². The van der Waals surface area contributed by atoms with Gasteiger partial charge in [-0.2, -0.15) is 13.2 Å². The van der Waals surface area contributed by atoms with Gasteiger partial charge < -0.3 is 15.0 Å². The van der Waals surface area contributed by atoms with Gasteiger partial charge in [-0.3, -0.25) is 14.4 Å². The third-order valence-corrected chi connectivity index (χ3v) is 4.83. The second-order valence-corrected chi connectivity index (χ2v) is 7.14. The molecule has 0 bridgehead atoms. The van der Waals surface area contributed by atoms with Crippen LogP contribution in [0.15, 0.2) is 42.5 Å². The lowest BCUT2D eigenvalue weighted by Crippen LogP contribution is -2.28. The summed E-state index contributed by atoms with van der Waals surface area (Å²) in [5.74, 6) is -3.33. The van der Waals surface area contributed by atoms with E-state index >= 15 is 0 Å². The number of anilines is 2. The average molecular weight is 459 g/mol. The second-order valence-electron chi connectivity index (χ2n) is 6.73. The van der Waals surface area contributed by atoms with Crippen LogP contribution in [0.1, 0.15) is 12.0 Å². The van der Waals surface area contributed by atoms with Crippen molar-refractivity contribution in [2.45, 2.75) is 12.6 Å². The van der Waals surface area contributed by atoms with Crippen molar-refractivity contribution < 1.29 is 36.7 Å². The summed E-state index contributed by atoms with van der Waals surface area (Å²) in [6.45, 7) is -0.749. The summed E-state index contributed by atoms with van der Waals surface area (Å²) in [6.07, 6.45) is -4.85. The Balaban J connectivity index is 1.54. The summed E-state index contributed by atoms with van der Waals surface area (Å²) >= 11 is 5.52. The van der Waals surface area contributed by atoms with Crippen LogP contribution in [0.4, 0.5) is 28.9 Å². The Morgan fingerprint density at radius 2 is 1.84 bits per heavy atom. The summed E-state index contributed by atoms with van der Waals surface area (Å²) in [6, 6.07) is 7.98. The first-order valence-electron chi connectivity index (χ1n) is 8.94. The molecule has 0 unspecified atom stereocenters. The molecule has 11 heteroatoms. The van der Waals surface area contributed by atoms with Crippen molar-refractivity contribution in [2.75, 3.05) is 23.4 Å². The predicted octanol–water partition coefficient (Wildman–Crippen LogP) is 4.03. The number of carbonyl (C=O) groups is 3. The van der Waals surface area contributed by atoms with Crippen molar-refractivity contribution in [2.24, 2.45) is 5.92 Å². The highest BCUT2D eigenvalue weighted by molar-refractivity contribution is 6.31. The number of benzene rings is 2. The van der Waals surface area contributed by atoms with Gasteiger partial charge in [0.05, 0.1) is 16.5 Å². The Bertz CT molecular complexity index is 1010. The van der Waals surface area contributed by atoms with Gasteiger partial charge in [0.1, 0.15) is 5.82 Å². The largest absolute Gasteiger partial charge is 0.455 e.